The average Bonchev–Trinajstić information content (AvgIpc) is 2.74. The molecule has 3 rings (SSSR count). The van der Waals surface area contributed by atoms with Gasteiger partial charge in [-0.3, -0.25) is 0 Å². The molecule has 0 saturated carbocycles. The van der Waals surface area contributed by atoms with Crippen LogP contribution in [0, 0.1) is 0 Å². The smallest absolute Gasteiger partial charge is 0.00238 e. The van der Waals surface area contributed by atoms with E-state index in [2.05, 4.69) is 110 Å². The van der Waals surface area contributed by atoms with Gasteiger partial charge in [-0.25, -0.2) is 0 Å². The Morgan fingerprint density at radius 2 is 1.00 bits per heavy atom. The standard InChI is InChI=1S/C24H29NP2/c1-25(18-20-26(2)22-12-6-3-7-13-22)19-21-27(23-14-8-4-9-15-23)24-16-10-5-11-17-24/h3-17H,18-21H2,1-2H3. The summed E-state index contributed by atoms with van der Waals surface area (Å²) in [5.74, 6) is 0. The lowest BCUT2D eigenvalue weighted by Gasteiger charge is -2.24. The molecule has 0 aliphatic rings. The maximum absolute atomic E-state index is 2.52. The van der Waals surface area contributed by atoms with Gasteiger partial charge in [-0.05, 0) is 49.9 Å². The first-order valence-electron chi connectivity index (χ1n) is 9.56. The molecular weight excluding hydrogens is 364 g/mol. The van der Waals surface area contributed by atoms with E-state index < -0.39 is 0 Å². The highest BCUT2D eigenvalue weighted by atomic mass is 31.1. The van der Waals surface area contributed by atoms with Crippen LogP contribution in [0.3, 0.4) is 0 Å². The van der Waals surface area contributed by atoms with Gasteiger partial charge in [0.2, 0.25) is 0 Å². The van der Waals surface area contributed by atoms with Gasteiger partial charge < -0.3 is 4.90 Å². The first kappa shape index (κ1) is 20.2. The van der Waals surface area contributed by atoms with Crippen LogP contribution in [0.1, 0.15) is 0 Å². The van der Waals surface area contributed by atoms with Gasteiger partial charge in [0.25, 0.3) is 0 Å². The Labute approximate surface area is 166 Å². The first-order valence-corrected chi connectivity index (χ1v) is 13.1. The summed E-state index contributed by atoms with van der Waals surface area (Å²) in [6, 6.07) is 33.0. The van der Waals surface area contributed by atoms with Gasteiger partial charge in [-0.2, -0.15) is 0 Å². The van der Waals surface area contributed by atoms with Crippen molar-refractivity contribution >= 4 is 31.8 Å². The lowest BCUT2D eigenvalue weighted by atomic mass is 10.4. The molecule has 0 heterocycles. The maximum Gasteiger partial charge on any atom is 0.00238 e. The Morgan fingerprint density at radius 1 is 0.593 bits per heavy atom. The Bertz CT molecular complexity index is 738. The van der Waals surface area contributed by atoms with Gasteiger partial charge in [0.15, 0.2) is 0 Å². The third kappa shape index (κ3) is 6.25. The minimum absolute atomic E-state index is 0.0583. The van der Waals surface area contributed by atoms with E-state index >= 15 is 0 Å². The summed E-state index contributed by atoms with van der Waals surface area (Å²) >= 11 is 0. The van der Waals surface area contributed by atoms with Gasteiger partial charge in [0.1, 0.15) is 0 Å². The van der Waals surface area contributed by atoms with Crippen LogP contribution in [0.25, 0.3) is 0 Å². The van der Waals surface area contributed by atoms with Crippen LogP contribution in [0.4, 0.5) is 0 Å². The highest BCUT2D eigenvalue weighted by Gasteiger charge is 2.14. The molecule has 1 atom stereocenters. The van der Waals surface area contributed by atoms with Crippen LogP contribution in [0.2, 0.25) is 0 Å². The molecular formula is C24H29NP2. The summed E-state index contributed by atoms with van der Waals surface area (Å²) in [5, 5.41) is 4.47. The van der Waals surface area contributed by atoms with Gasteiger partial charge in [0.05, 0.1) is 0 Å². The van der Waals surface area contributed by atoms with Crippen LogP contribution >= 0.6 is 15.8 Å². The summed E-state index contributed by atoms with van der Waals surface area (Å²) in [6.07, 6.45) is 2.48. The highest BCUT2D eigenvalue weighted by molar-refractivity contribution is 7.73. The zero-order valence-electron chi connectivity index (χ0n) is 16.3. The molecule has 0 aliphatic carbocycles. The average molecular weight is 393 g/mol. The van der Waals surface area contributed by atoms with Gasteiger partial charge in [-0.15, -0.1) is 0 Å². The Hall–Kier alpha value is -1.52. The van der Waals surface area contributed by atoms with Crippen LogP contribution in [-0.2, 0) is 0 Å². The van der Waals surface area contributed by atoms with Crippen molar-refractivity contribution in [2.45, 2.75) is 0 Å². The van der Waals surface area contributed by atoms with Gasteiger partial charge in [-0.1, -0.05) is 98.9 Å². The number of hydrogen-bond donors (Lipinski definition) is 0. The van der Waals surface area contributed by atoms with Crippen molar-refractivity contribution in [3.05, 3.63) is 91.0 Å². The highest BCUT2D eigenvalue weighted by Crippen LogP contribution is 2.33. The molecule has 3 aromatic rings. The van der Waals surface area contributed by atoms with E-state index in [9.17, 15) is 0 Å². The SMILES string of the molecule is CN(CCP(C)c1ccccc1)CCP(c1ccccc1)c1ccccc1. The van der Waals surface area contributed by atoms with Gasteiger partial charge >= 0.3 is 0 Å². The minimum atomic E-state index is -0.290. The maximum atomic E-state index is 2.52. The van der Waals surface area contributed by atoms with Crippen LogP contribution in [0.5, 0.6) is 0 Å². The van der Waals surface area contributed by atoms with Crippen LogP contribution < -0.4 is 15.9 Å². The van der Waals surface area contributed by atoms with E-state index in [1.54, 1.807) is 0 Å². The molecule has 0 spiro atoms. The quantitative estimate of drug-likeness (QED) is 0.484. The van der Waals surface area contributed by atoms with E-state index in [-0.39, 0.29) is 15.8 Å². The second-order valence-corrected chi connectivity index (χ2v) is 11.6. The third-order valence-electron chi connectivity index (χ3n) is 4.86. The number of benzene rings is 3. The van der Waals surface area contributed by atoms with Crippen molar-refractivity contribution in [2.75, 3.05) is 39.1 Å². The molecule has 0 aromatic heterocycles. The Kier molecular flexibility index (Phi) is 8.03. The lowest BCUT2D eigenvalue weighted by Crippen LogP contribution is -2.28. The summed E-state index contributed by atoms with van der Waals surface area (Å²) in [7, 11) is 1.93. The number of hydrogen-bond acceptors (Lipinski definition) is 1. The molecule has 0 radical (unpaired) electrons. The molecule has 0 fully saturated rings. The molecule has 1 nitrogen and oxygen atoms in total. The zero-order chi connectivity index (χ0) is 18.9. The summed E-state index contributed by atoms with van der Waals surface area (Å²) < 4.78 is 0. The molecule has 0 amide bonds. The molecule has 0 N–H and O–H groups in total. The molecule has 27 heavy (non-hydrogen) atoms. The van der Waals surface area contributed by atoms with Crippen molar-refractivity contribution < 1.29 is 0 Å². The molecule has 0 bridgehead atoms. The Balaban J connectivity index is 1.57. The summed E-state index contributed by atoms with van der Waals surface area (Å²) in [5.41, 5.74) is 0. The molecule has 140 valence electrons. The fourth-order valence-electron chi connectivity index (χ4n) is 3.14. The monoisotopic (exact) mass is 393 g/mol. The zero-order valence-corrected chi connectivity index (χ0v) is 18.1. The lowest BCUT2D eigenvalue weighted by molar-refractivity contribution is 0.378. The second kappa shape index (κ2) is 10.7. The first-order chi connectivity index (χ1) is 13.2. The predicted octanol–water partition coefficient (Wildman–Crippen LogP) is 4.49. The van der Waals surface area contributed by atoms with Gasteiger partial charge in [0, 0.05) is 13.1 Å². The summed E-state index contributed by atoms with van der Waals surface area (Å²) in [4.78, 5) is 2.52. The fraction of sp³-hybridized carbons (Fsp3) is 0.250. The molecule has 3 aromatic carbocycles. The molecule has 0 saturated heterocycles. The molecule has 1 unspecified atom stereocenters. The van der Waals surface area contributed by atoms with E-state index in [4.69, 9.17) is 0 Å². The van der Waals surface area contributed by atoms with E-state index in [0.717, 1.165) is 6.54 Å². The Morgan fingerprint density at radius 3 is 1.48 bits per heavy atom. The molecule has 0 aliphatic heterocycles. The van der Waals surface area contributed by atoms with E-state index in [0.29, 0.717) is 0 Å². The number of nitrogens with zero attached hydrogens (tertiary/aromatic N) is 1. The minimum Gasteiger partial charge on any atom is -0.306 e. The fourth-order valence-corrected chi connectivity index (χ4v) is 7.14. The number of rotatable bonds is 9. The van der Waals surface area contributed by atoms with Crippen molar-refractivity contribution in [2.24, 2.45) is 0 Å². The van der Waals surface area contributed by atoms with Crippen LogP contribution in [-0.4, -0.2) is 44.0 Å². The van der Waals surface area contributed by atoms with Crippen molar-refractivity contribution in [1.29, 1.82) is 0 Å². The van der Waals surface area contributed by atoms with E-state index in [1.165, 1.54) is 34.8 Å². The second-order valence-electron chi connectivity index (χ2n) is 6.88. The summed E-state index contributed by atoms with van der Waals surface area (Å²) in [6.45, 7) is 4.72. The largest absolute Gasteiger partial charge is 0.306 e. The van der Waals surface area contributed by atoms with Crippen LogP contribution in [0.15, 0.2) is 91.0 Å². The molecule has 3 heteroatoms. The normalized spacial score (nSPS) is 12.4. The van der Waals surface area contributed by atoms with Crippen molar-refractivity contribution in [3.8, 4) is 0 Å². The van der Waals surface area contributed by atoms with Crippen molar-refractivity contribution in [1.82, 2.24) is 4.90 Å². The predicted molar refractivity (Wildman–Crippen MR) is 125 cm³/mol. The van der Waals surface area contributed by atoms with Crippen molar-refractivity contribution in [3.63, 3.8) is 0 Å². The third-order valence-corrected chi connectivity index (χ3v) is 9.40. The topological polar surface area (TPSA) is 3.24 Å². The van der Waals surface area contributed by atoms with E-state index in [1.807, 2.05) is 0 Å².